The van der Waals surface area contributed by atoms with Gasteiger partial charge in [-0.1, -0.05) is 81.4 Å². The van der Waals surface area contributed by atoms with Gasteiger partial charge in [-0.15, -0.1) is 0 Å². The van der Waals surface area contributed by atoms with Crippen LogP contribution in [0.5, 0.6) is 0 Å². The zero-order valence-electron chi connectivity index (χ0n) is 26.5. The highest BCUT2D eigenvalue weighted by Crippen LogP contribution is 2.27. The summed E-state index contributed by atoms with van der Waals surface area (Å²) in [5.74, 6) is -3.90. The molecule has 0 aromatic heterocycles. The van der Waals surface area contributed by atoms with Gasteiger partial charge in [0.2, 0.25) is 17.7 Å². The number of rotatable bonds is 13. The third-order valence-corrected chi connectivity index (χ3v) is 7.90. The Morgan fingerprint density at radius 1 is 0.867 bits per heavy atom. The number of carbonyl (C=O) groups is 4. The van der Waals surface area contributed by atoms with Crippen molar-refractivity contribution in [2.24, 2.45) is 17.1 Å². The van der Waals surface area contributed by atoms with Crippen molar-refractivity contribution in [3.8, 4) is 11.1 Å². The molecule has 0 heterocycles. The summed E-state index contributed by atoms with van der Waals surface area (Å²) < 4.78 is 0. The van der Waals surface area contributed by atoms with Crippen LogP contribution in [0.25, 0.3) is 11.1 Å². The molecular weight excluding hydrogens is 572 g/mol. The Morgan fingerprint density at radius 3 is 2.16 bits per heavy atom. The molecule has 0 saturated heterocycles. The summed E-state index contributed by atoms with van der Waals surface area (Å²) in [6, 6.07) is 21.1. The van der Waals surface area contributed by atoms with Crippen LogP contribution in [0.1, 0.15) is 73.6 Å². The minimum Gasteiger partial charge on any atom is -0.382 e. The van der Waals surface area contributed by atoms with Crippen LogP contribution in [-0.2, 0) is 20.8 Å². The molecule has 0 saturated carbocycles. The molecule has 10 heteroatoms. The number of carbonyl (C=O) groups excluding carboxylic acids is 4. The summed E-state index contributed by atoms with van der Waals surface area (Å²) in [4.78, 5) is 50.7. The molecule has 240 valence electrons. The molecule has 10 nitrogen and oxygen atoms in total. The van der Waals surface area contributed by atoms with Gasteiger partial charge in [0.15, 0.2) is 0 Å². The number of primary amides is 1. The molecule has 0 radical (unpaired) electrons. The first-order chi connectivity index (χ1) is 21.2. The van der Waals surface area contributed by atoms with Gasteiger partial charge in [-0.3, -0.25) is 24.4 Å². The normalized spacial score (nSPS) is 14.0. The summed E-state index contributed by atoms with van der Waals surface area (Å²) >= 11 is 0. The number of aliphatic hydroxyl groups is 1. The van der Waals surface area contributed by atoms with E-state index in [2.05, 4.69) is 10.6 Å². The van der Waals surface area contributed by atoms with Crippen LogP contribution in [-0.4, -0.2) is 46.1 Å². The van der Waals surface area contributed by atoms with Crippen molar-refractivity contribution in [2.75, 3.05) is 0 Å². The Bertz CT molecular complexity index is 1500. The van der Waals surface area contributed by atoms with E-state index in [1.807, 2.05) is 89.2 Å². The molecule has 3 rings (SSSR count). The summed E-state index contributed by atoms with van der Waals surface area (Å²) in [6.07, 6.45) is -0.747. The van der Waals surface area contributed by atoms with Gasteiger partial charge < -0.3 is 21.5 Å². The van der Waals surface area contributed by atoms with E-state index in [1.54, 1.807) is 18.2 Å². The Morgan fingerprint density at radius 2 is 1.56 bits per heavy atom. The van der Waals surface area contributed by atoms with Crippen molar-refractivity contribution >= 4 is 23.6 Å². The smallest absolute Gasteiger partial charge is 0.272 e. The fraction of sp³-hybridized carbons (Fsp3) is 0.371. The average Bonchev–Trinajstić information content (AvgIpc) is 3.01. The molecule has 0 bridgehead atoms. The zero-order valence-corrected chi connectivity index (χ0v) is 26.5. The standard InChI is InChI=1S/C35H44N4O6/c1-21-19-23(17-18-27(21)25-14-10-15-26(20-25)31(36)41)11-9-16-28(29(40)33(43)39-45)32(42)38-30(35(3,4)5)34(44)37-22(2)24-12-7-6-8-13-24/h6-8,10,12-15,17-20,22,28-30,40,45H,9,11,16H2,1-5H3,(H2,36,41)(H,37,44)(H,38,42)(H,39,43)/t22?,28-,29?,30-/m1/s1. The zero-order chi connectivity index (χ0) is 33.3. The van der Waals surface area contributed by atoms with E-state index >= 15 is 0 Å². The van der Waals surface area contributed by atoms with Crippen LogP contribution < -0.4 is 21.8 Å². The van der Waals surface area contributed by atoms with E-state index in [4.69, 9.17) is 10.9 Å². The van der Waals surface area contributed by atoms with Gasteiger partial charge in [0.25, 0.3) is 5.91 Å². The second-order valence-electron chi connectivity index (χ2n) is 12.5. The number of hydrogen-bond acceptors (Lipinski definition) is 6. The average molecular weight is 617 g/mol. The molecule has 0 spiro atoms. The number of hydroxylamine groups is 1. The lowest BCUT2D eigenvalue weighted by atomic mass is 9.84. The van der Waals surface area contributed by atoms with E-state index in [1.165, 1.54) is 5.48 Å². The van der Waals surface area contributed by atoms with Gasteiger partial charge in [0.05, 0.1) is 12.0 Å². The van der Waals surface area contributed by atoms with E-state index in [0.29, 0.717) is 18.4 Å². The summed E-state index contributed by atoms with van der Waals surface area (Å²) in [6.45, 7) is 9.24. The van der Waals surface area contributed by atoms with Crippen molar-refractivity contribution in [1.29, 1.82) is 0 Å². The molecule has 4 amide bonds. The molecule has 0 aliphatic heterocycles. The minimum absolute atomic E-state index is 0.112. The monoisotopic (exact) mass is 616 g/mol. The highest BCUT2D eigenvalue weighted by molar-refractivity contribution is 5.94. The Kier molecular flexibility index (Phi) is 12.0. The number of aliphatic hydroxyl groups excluding tert-OH is 1. The fourth-order valence-electron chi connectivity index (χ4n) is 5.30. The molecular formula is C35H44N4O6. The number of nitrogens with one attached hydrogen (secondary N) is 3. The van der Waals surface area contributed by atoms with Crippen molar-refractivity contribution in [3.63, 3.8) is 0 Å². The predicted octanol–water partition coefficient (Wildman–Crippen LogP) is 3.97. The van der Waals surface area contributed by atoms with E-state index in [-0.39, 0.29) is 12.5 Å². The maximum absolute atomic E-state index is 13.6. The molecule has 0 aliphatic carbocycles. The topological polar surface area (TPSA) is 171 Å². The van der Waals surface area contributed by atoms with Crippen LogP contribution in [0.3, 0.4) is 0 Å². The first-order valence-corrected chi connectivity index (χ1v) is 15.0. The summed E-state index contributed by atoms with van der Waals surface area (Å²) in [5, 5.41) is 25.6. The number of nitrogens with two attached hydrogens (primary N) is 1. The lowest BCUT2D eigenvalue weighted by Gasteiger charge is -2.33. The van der Waals surface area contributed by atoms with Crippen LogP contribution >= 0.6 is 0 Å². The molecule has 4 atom stereocenters. The van der Waals surface area contributed by atoms with Gasteiger partial charge in [-0.2, -0.15) is 0 Å². The van der Waals surface area contributed by atoms with Crippen molar-refractivity contribution in [3.05, 3.63) is 95.1 Å². The Labute approximate surface area is 264 Å². The number of aryl methyl sites for hydroxylation is 2. The molecule has 45 heavy (non-hydrogen) atoms. The predicted molar refractivity (Wildman–Crippen MR) is 172 cm³/mol. The molecule has 3 aromatic rings. The van der Waals surface area contributed by atoms with Gasteiger partial charge in [-0.25, -0.2) is 5.48 Å². The Hall–Kier alpha value is -4.54. The van der Waals surface area contributed by atoms with Crippen LogP contribution in [0, 0.1) is 18.3 Å². The van der Waals surface area contributed by atoms with Crippen molar-refractivity contribution < 1.29 is 29.5 Å². The molecule has 0 fully saturated rings. The first-order valence-electron chi connectivity index (χ1n) is 15.0. The second-order valence-corrected chi connectivity index (χ2v) is 12.5. The summed E-state index contributed by atoms with van der Waals surface area (Å²) in [5.41, 5.74) is 11.2. The molecule has 2 unspecified atom stereocenters. The second kappa shape index (κ2) is 15.5. The number of hydrogen-bond donors (Lipinski definition) is 6. The number of benzene rings is 3. The lowest BCUT2D eigenvalue weighted by molar-refractivity contribution is -0.147. The van der Waals surface area contributed by atoms with Gasteiger partial charge in [-0.05, 0) is 78.5 Å². The van der Waals surface area contributed by atoms with E-state index < -0.39 is 47.1 Å². The SMILES string of the molecule is Cc1cc(CCC[C@@H](C(=O)N[C@H](C(=O)NC(C)c2ccccc2)C(C)(C)C)C(O)C(=O)NO)ccc1-c1cccc(C(N)=O)c1. The molecule has 3 aromatic carbocycles. The largest absolute Gasteiger partial charge is 0.382 e. The maximum atomic E-state index is 13.6. The molecule has 7 N–H and O–H groups in total. The van der Waals surface area contributed by atoms with Gasteiger partial charge in [0, 0.05) is 5.56 Å². The maximum Gasteiger partial charge on any atom is 0.272 e. The van der Waals surface area contributed by atoms with Crippen molar-refractivity contribution in [2.45, 2.75) is 72.1 Å². The lowest BCUT2D eigenvalue weighted by Crippen LogP contribution is -2.56. The quantitative estimate of drug-likeness (QED) is 0.125. The van der Waals surface area contributed by atoms with E-state index in [9.17, 15) is 24.3 Å². The summed E-state index contributed by atoms with van der Waals surface area (Å²) in [7, 11) is 0. The van der Waals surface area contributed by atoms with Crippen LogP contribution in [0.4, 0.5) is 0 Å². The first kappa shape index (κ1) is 34.9. The fourth-order valence-corrected chi connectivity index (χ4v) is 5.30. The van der Waals surface area contributed by atoms with Crippen LogP contribution in [0.2, 0.25) is 0 Å². The van der Waals surface area contributed by atoms with Gasteiger partial charge >= 0.3 is 0 Å². The van der Waals surface area contributed by atoms with Gasteiger partial charge in [0.1, 0.15) is 12.1 Å². The minimum atomic E-state index is -1.83. The van der Waals surface area contributed by atoms with E-state index in [0.717, 1.165) is 27.8 Å². The molecule has 0 aliphatic rings. The van der Waals surface area contributed by atoms with Crippen LogP contribution in [0.15, 0.2) is 72.8 Å². The highest BCUT2D eigenvalue weighted by Gasteiger charge is 2.38. The van der Waals surface area contributed by atoms with Crippen molar-refractivity contribution in [1.82, 2.24) is 16.1 Å². The number of amides is 4. The Balaban J connectivity index is 1.73. The third-order valence-electron chi connectivity index (χ3n) is 7.90. The highest BCUT2D eigenvalue weighted by atomic mass is 16.5. The third kappa shape index (κ3) is 9.47.